The number of nitrogens with zero attached hydrogens (tertiary/aromatic N) is 1. The molecule has 0 radical (unpaired) electrons. The normalized spacial score (nSPS) is 13.4. The maximum absolute atomic E-state index is 14.2. The second kappa shape index (κ2) is 10.6. The van der Waals surface area contributed by atoms with Gasteiger partial charge in [0.2, 0.25) is 0 Å². The number of alkyl halides is 8. The lowest BCUT2D eigenvalue weighted by Gasteiger charge is -2.30. The summed E-state index contributed by atoms with van der Waals surface area (Å²) in [6.07, 6.45) is -13.9. The number of benzene rings is 3. The van der Waals surface area contributed by atoms with Crippen LogP contribution < -0.4 is 9.64 Å². The Labute approximate surface area is 207 Å². The molecule has 1 N–H and O–H groups in total. The average Bonchev–Trinajstić information content (AvgIpc) is 2.77. The number of ether oxygens (including phenoxy) is 1. The van der Waals surface area contributed by atoms with Crippen LogP contribution >= 0.6 is 0 Å². The first-order chi connectivity index (χ1) is 17.1. The number of aliphatic hydroxyl groups excluding tert-OH is 1. The maximum Gasteiger partial charge on any atom is 0.458 e. The molecule has 0 aliphatic heterocycles. The molecule has 0 saturated heterocycles. The fourth-order valence-corrected chi connectivity index (χ4v) is 3.77. The summed E-state index contributed by atoms with van der Waals surface area (Å²) >= 11 is 0. The van der Waals surface area contributed by atoms with Crippen molar-refractivity contribution in [3.05, 3.63) is 89.0 Å². The molecular formula is C26H23F8NO2. The van der Waals surface area contributed by atoms with Crippen LogP contribution in [0.15, 0.2) is 66.7 Å². The lowest BCUT2D eigenvalue weighted by molar-refractivity contribution is -0.289. The van der Waals surface area contributed by atoms with Gasteiger partial charge in [0, 0.05) is 23.9 Å². The highest BCUT2D eigenvalue weighted by Gasteiger charge is 2.59. The van der Waals surface area contributed by atoms with Gasteiger partial charge in [-0.25, -0.2) is 0 Å². The van der Waals surface area contributed by atoms with E-state index < -0.39 is 48.6 Å². The molecule has 0 aromatic heterocycles. The molecule has 0 amide bonds. The van der Waals surface area contributed by atoms with Crippen molar-refractivity contribution in [2.45, 2.75) is 44.8 Å². The Kier molecular flexibility index (Phi) is 8.06. The van der Waals surface area contributed by atoms with Gasteiger partial charge in [-0.05, 0) is 54.8 Å². The van der Waals surface area contributed by atoms with Crippen LogP contribution in [0.2, 0.25) is 0 Å². The molecule has 0 aliphatic rings. The molecule has 3 aromatic carbocycles. The lowest BCUT2D eigenvalue weighted by Crippen LogP contribution is -2.41. The third-order valence-electron chi connectivity index (χ3n) is 5.46. The van der Waals surface area contributed by atoms with Gasteiger partial charge in [0.05, 0.1) is 6.54 Å². The van der Waals surface area contributed by atoms with Crippen molar-refractivity contribution < 1.29 is 45.0 Å². The summed E-state index contributed by atoms with van der Waals surface area (Å²) in [5.41, 5.74) is -0.154. The number of aliphatic hydroxyl groups is 1. The van der Waals surface area contributed by atoms with Crippen molar-refractivity contribution in [3.63, 3.8) is 0 Å². The number of hydrogen-bond acceptors (Lipinski definition) is 3. The quantitative estimate of drug-likeness (QED) is 0.302. The fourth-order valence-electron chi connectivity index (χ4n) is 3.77. The molecule has 0 saturated carbocycles. The zero-order chi connectivity index (χ0) is 27.6. The van der Waals surface area contributed by atoms with Crippen molar-refractivity contribution in [3.8, 4) is 11.5 Å². The van der Waals surface area contributed by atoms with E-state index in [9.17, 15) is 40.2 Å². The third-order valence-corrected chi connectivity index (χ3v) is 5.46. The summed E-state index contributed by atoms with van der Waals surface area (Å²) in [5.74, 6) is -4.62. The third kappa shape index (κ3) is 6.91. The second-order valence-corrected chi connectivity index (χ2v) is 8.59. The molecule has 0 bridgehead atoms. The molecule has 200 valence electrons. The molecular weight excluding hydrogens is 510 g/mol. The first-order valence-electron chi connectivity index (χ1n) is 11.0. The van der Waals surface area contributed by atoms with E-state index in [1.54, 1.807) is 12.1 Å². The minimum atomic E-state index is -5.92. The van der Waals surface area contributed by atoms with Crippen molar-refractivity contribution in [1.29, 1.82) is 0 Å². The maximum atomic E-state index is 14.2. The van der Waals surface area contributed by atoms with Crippen LogP contribution in [0, 0.1) is 13.8 Å². The van der Waals surface area contributed by atoms with Crippen LogP contribution in [-0.4, -0.2) is 30.1 Å². The number of anilines is 1. The highest BCUT2D eigenvalue weighted by Crippen LogP contribution is 2.45. The predicted octanol–water partition coefficient (Wildman–Crippen LogP) is 7.68. The molecule has 11 heteroatoms. The average molecular weight is 533 g/mol. The van der Waals surface area contributed by atoms with Crippen molar-refractivity contribution >= 4 is 5.69 Å². The van der Waals surface area contributed by atoms with E-state index in [0.717, 1.165) is 28.2 Å². The van der Waals surface area contributed by atoms with E-state index in [1.807, 2.05) is 19.9 Å². The van der Waals surface area contributed by atoms with Crippen molar-refractivity contribution in [1.82, 2.24) is 0 Å². The van der Waals surface area contributed by atoms with E-state index in [-0.39, 0.29) is 11.4 Å². The highest BCUT2D eigenvalue weighted by molar-refractivity contribution is 5.53. The van der Waals surface area contributed by atoms with Crippen LogP contribution in [0.5, 0.6) is 11.5 Å². The van der Waals surface area contributed by atoms with Gasteiger partial charge in [0.25, 0.3) is 0 Å². The Morgan fingerprint density at radius 3 is 2.00 bits per heavy atom. The van der Waals surface area contributed by atoms with E-state index in [1.165, 1.54) is 30.3 Å². The molecule has 0 heterocycles. The molecule has 37 heavy (non-hydrogen) atoms. The summed E-state index contributed by atoms with van der Waals surface area (Å²) in [4.78, 5) is 0.873. The second-order valence-electron chi connectivity index (χ2n) is 8.59. The van der Waals surface area contributed by atoms with Crippen molar-refractivity contribution in [2.75, 3.05) is 11.4 Å². The van der Waals surface area contributed by atoms with Crippen LogP contribution in [0.4, 0.5) is 40.8 Å². The van der Waals surface area contributed by atoms with Gasteiger partial charge in [-0.3, -0.25) is 0 Å². The van der Waals surface area contributed by atoms with E-state index in [4.69, 9.17) is 4.74 Å². The molecule has 0 unspecified atom stereocenters. The van der Waals surface area contributed by atoms with E-state index in [2.05, 4.69) is 0 Å². The molecule has 3 nitrogen and oxygen atoms in total. The van der Waals surface area contributed by atoms with Crippen LogP contribution in [0.1, 0.15) is 22.3 Å². The number of rotatable bonds is 8. The van der Waals surface area contributed by atoms with Gasteiger partial charge in [-0.15, -0.1) is 0 Å². The summed E-state index contributed by atoms with van der Waals surface area (Å²) in [5, 5.41) is 9.69. The largest absolute Gasteiger partial charge is 0.458 e. The Bertz CT molecular complexity index is 1200. The predicted molar refractivity (Wildman–Crippen MR) is 122 cm³/mol. The number of hydrogen-bond donors (Lipinski definition) is 1. The van der Waals surface area contributed by atoms with Gasteiger partial charge in [-0.1, -0.05) is 36.4 Å². The summed E-state index contributed by atoms with van der Waals surface area (Å²) in [6, 6.07) is 14.6. The van der Waals surface area contributed by atoms with Crippen molar-refractivity contribution in [2.24, 2.45) is 0 Å². The summed E-state index contributed by atoms with van der Waals surface area (Å²) in [7, 11) is 0. The van der Waals surface area contributed by atoms with Gasteiger partial charge in [0.15, 0.2) is 6.10 Å². The number of halogens is 8. The summed E-state index contributed by atoms with van der Waals surface area (Å²) in [6.45, 7) is 1.78. The minimum Gasteiger partial charge on any atom is -0.457 e. The first kappa shape index (κ1) is 28.2. The van der Waals surface area contributed by atoms with Gasteiger partial charge < -0.3 is 14.7 Å². The van der Waals surface area contributed by atoms with E-state index in [0.29, 0.717) is 11.8 Å². The molecule has 3 rings (SSSR count). The first-order valence-corrected chi connectivity index (χ1v) is 11.0. The summed E-state index contributed by atoms with van der Waals surface area (Å²) < 4.78 is 113. The van der Waals surface area contributed by atoms with Gasteiger partial charge in [0.1, 0.15) is 11.5 Å². The zero-order valence-electron chi connectivity index (χ0n) is 19.7. The van der Waals surface area contributed by atoms with E-state index >= 15 is 0 Å². The van der Waals surface area contributed by atoms with Crippen LogP contribution in [0.25, 0.3) is 0 Å². The standard InChI is InChI=1S/C26H23F8NO2/c1-16-10-17(2)12-21(11-16)37-20-8-5-7-19(13-20)35(15-23(36)25(29,30)31)14-18-6-3-4-9-22(18)24(27,28)26(32,33)34/h3-13,23,36H,14-15H2,1-2H3/t23-/m1/s1. The monoisotopic (exact) mass is 533 g/mol. The van der Waals surface area contributed by atoms with Gasteiger partial charge >= 0.3 is 18.3 Å². The number of aryl methyl sites for hydroxylation is 2. The Balaban J connectivity index is 2.01. The van der Waals surface area contributed by atoms with Crippen LogP contribution in [-0.2, 0) is 12.5 Å². The molecule has 3 aromatic rings. The smallest absolute Gasteiger partial charge is 0.457 e. The fraction of sp³-hybridized carbons (Fsp3) is 0.308. The topological polar surface area (TPSA) is 32.7 Å². The van der Waals surface area contributed by atoms with Gasteiger partial charge in [-0.2, -0.15) is 35.1 Å². The Morgan fingerprint density at radius 2 is 1.41 bits per heavy atom. The van der Waals surface area contributed by atoms with Crippen LogP contribution in [0.3, 0.4) is 0 Å². The SMILES string of the molecule is Cc1cc(C)cc(Oc2cccc(N(Cc3ccccc3C(F)(F)C(F)(F)F)C[C@@H](O)C(F)(F)F)c2)c1. The minimum absolute atomic E-state index is 0.00954. The lowest BCUT2D eigenvalue weighted by atomic mass is 10.00. The Hall–Kier alpha value is -3.34. The molecule has 0 aliphatic carbocycles. The molecule has 0 spiro atoms. The Morgan fingerprint density at radius 1 is 0.784 bits per heavy atom. The highest BCUT2D eigenvalue weighted by atomic mass is 19.4. The molecule has 1 atom stereocenters. The molecule has 0 fully saturated rings. The zero-order valence-corrected chi connectivity index (χ0v) is 19.7.